The Kier molecular flexibility index (Phi) is 4.02. The van der Waals surface area contributed by atoms with Crippen LogP contribution in [0.25, 0.3) is 0 Å². The summed E-state index contributed by atoms with van der Waals surface area (Å²) in [5.41, 5.74) is 2.15. The molecular weight excluding hydrogens is 258 g/mol. The van der Waals surface area contributed by atoms with Crippen LogP contribution in [-0.4, -0.2) is 20.2 Å². The predicted molar refractivity (Wildman–Crippen MR) is 78.2 cm³/mol. The van der Waals surface area contributed by atoms with Crippen molar-refractivity contribution in [1.82, 2.24) is 5.32 Å². The highest BCUT2D eigenvalue weighted by atomic mass is 32.2. The van der Waals surface area contributed by atoms with E-state index in [1.165, 1.54) is 5.56 Å². The third-order valence-corrected chi connectivity index (χ3v) is 6.15. The van der Waals surface area contributed by atoms with E-state index in [1.54, 1.807) is 13.0 Å². The fourth-order valence-corrected chi connectivity index (χ4v) is 4.41. The lowest BCUT2D eigenvalue weighted by Gasteiger charge is -2.17. The maximum Gasteiger partial charge on any atom is 0.183 e. The zero-order chi connectivity index (χ0) is 14.2. The number of benzene rings is 1. The van der Waals surface area contributed by atoms with E-state index in [0.717, 1.165) is 18.5 Å². The molecule has 1 N–H and O–H groups in total. The van der Waals surface area contributed by atoms with E-state index in [-0.39, 0.29) is 11.3 Å². The summed E-state index contributed by atoms with van der Waals surface area (Å²) in [7, 11) is -3.17. The van der Waals surface area contributed by atoms with Gasteiger partial charge in [0.25, 0.3) is 0 Å². The highest BCUT2D eigenvalue weighted by Crippen LogP contribution is 2.40. The highest BCUT2D eigenvalue weighted by molar-refractivity contribution is 7.92. The van der Waals surface area contributed by atoms with Gasteiger partial charge in [-0.05, 0) is 43.0 Å². The Morgan fingerprint density at radius 1 is 1.32 bits per heavy atom. The van der Waals surface area contributed by atoms with Crippen molar-refractivity contribution >= 4 is 9.84 Å². The van der Waals surface area contributed by atoms with Crippen molar-refractivity contribution in [3.8, 4) is 0 Å². The van der Waals surface area contributed by atoms with Gasteiger partial charge in [0.15, 0.2) is 9.84 Å². The first-order valence-electron chi connectivity index (χ1n) is 7.00. The van der Waals surface area contributed by atoms with Gasteiger partial charge >= 0.3 is 0 Å². The lowest BCUT2D eigenvalue weighted by molar-refractivity contribution is 0.514. The molecule has 2 rings (SSSR count). The summed E-state index contributed by atoms with van der Waals surface area (Å²) < 4.78 is 24.8. The van der Waals surface area contributed by atoms with Crippen LogP contribution in [0, 0.1) is 0 Å². The summed E-state index contributed by atoms with van der Waals surface area (Å²) in [5.74, 6) is 0.413. The molecule has 1 aromatic rings. The zero-order valence-corrected chi connectivity index (χ0v) is 12.9. The molecule has 0 saturated heterocycles. The number of fused-ring (bicyclic) bond motifs is 1. The molecule has 2 unspecified atom stereocenters. The number of hydrogen-bond donors (Lipinski definition) is 1. The Hall–Kier alpha value is -0.870. The molecule has 3 nitrogen and oxygen atoms in total. The summed E-state index contributed by atoms with van der Waals surface area (Å²) in [6.07, 6.45) is 1.00. The highest BCUT2D eigenvalue weighted by Gasteiger charge is 2.41. The molecule has 106 valence electrons. The molecule has 0 amide bonds. The van der Waals surface area contributed by atoms with E-state index >= 15 is 0 Å². The Morgan fingerprint density at radius 3 is 2.58 bits per heavy atom. The fourth-order valence-electron chi connectivity index (χ4n) is 2.64. The second-order valence-corrected chi connectivity index (χ2v) is 7.91. The standard InChI is InChI=1S/C15H23NO2S/c1-5-8-16-15-11(4)19(17,18)14-7-6-12(10(2)3)9-13(14)15/h6-7,9-11,15-16H,5,8H2,1-4H3. The third kappa shape index (κ3) is 2.43. The average Bonchev–Trinajstić information content (AvgIpc) is 2.56. The van der Waals surface area contributed by atoms with Gasteiger partial charge in [0.05, 0.1) is 16.2 Å². The Bertz CT molecular complexity index is 564. The number of rotatable bonds is 4. The monoisotopic (exact) mass is 281 g/mol. The first kappa shape index (κ1) is 14.5. The van der Waals surface area contributed by atoms with Crippen LogP contribution >= 0.6 is 0 Å². The average molecular weight is 281 g/mol. The first-order valence-corrected chi connectivity index (χ1v) is 8.55. The summed E-state index contributed by atoms with van der Waals surface area (Å²) in [6, 6.07) is 5.72. The molecule has 0 spiro atoms. The van der Waals surface area contributed by atoms with Crippen LogP contribution in [0.4, 0.5) is 0 Å². The van der Waals surface area contributed by atoms with Gasteiger partial charge < -0.3 is 5.32 Å². The molecule has 0 fully saturated rings. The van der Waals surface area contributed by atoms with Crippen molar-refractivity contribution in [3.63, 3.8) is 0 Å². The van der Waals surface area contributed by atoms with Gasteiger partial charge in [-0.25, -0.2) is 8.42 Å². The second-order valence-electron chi connectivity index (χ2n) is 5.63. The normalized spacial score (nSPS) is 24.7. The smallest absolute Gasteiger partial charge is 0.183 e. The molecule has 2 atom stereocenters. The zero-order valence-electron chi connectivity index (χ0n) is 12.1. The van der Waals surface area contributed by atoms with Gasteiger partial charge in [-0.15, -0.1) is 0 Å². The Balaban J connectivity index is 2.49. The fraction of sp³-hybridized carbons (Fsp3) is 0.600. The molecule has 1 aliphatic heterocycles. The van der Waals surface area contributed by atoms with Crippen molar-refractivity contribution < 1.29 is 8.42 Å². The number of sulfone groups is 1. The number of hydrogen-bond acceptors (Lipinski definition) is 3. The summed E-state index contributed by atoms with van der Waals surface area (Å²) in [5, 5.41) is 3.00. The predicted octanol–water partition coefficient (Wildman–Crippen LogP) is 3.03. The lowest BCUT2D eigenvalue weighted by atomic mass is 9.96. The van der Waals surface area contributed by atoms with E-state index in [4.69, 9.17) is 0 Å². The topological polar surface area (TPSA) is 46.2 Å². The van der Waals surface area contributed by atoms with E-state index in [2.05, 4.69) is 32.2 Å². The van der Waals surface area contributed by atoms with Crippen LogP contribution in [0.15, 0.2) is 23.1 Å². The molecule has 0 saturated carbocycles. The molecule has 0 radical (unpaired) electrons. The van der Waals surface area contributed by atoms with E-state index < -0.39 is 9.84 Å². The SMILES string of the molecule is CCCNC1c2cc(C(C)C)ccc2S(=O)(=O)C1C. The van der Waals surface area contributed by atoms with Gasteiger partial charge in [0, 0.05) is 0 Å². The van der Waals surface area contributed by atoms with Crippen LogP contribution in [0.3, 0.4) is 0 Å². The molecule has 1 aliphatic rings. The molecule has 4 heteroatoms. The molecular formula is C15H23NO2S. The van der Waals surface area contributed by atoms with Crippen molar-refractivity contribution in [3.05, 3.63) is 29.3 Å². The van der Waals surface area contributed by atoms with E-state index in [0.29, 0.717) is 10.8 Å². The van der Waals surface area contributed by atoms with Crippen molar-refractivity contribution in [2.45, 2.75) is 56.2 Å². The van der Waals surface area contributed by atoms with Crippen LogP contribution in [0.5, 0.6) is 0 Å². The van der Waals surface area contributed by atoms with Gasteiger partial charge in [0.1, 0.15) is 0 Å². The Labute approximate surface area is 116 Å². The lowest BCUT2D eigenvalue weighted by Crippen LogP contribution is -2.30. The maximum atomic E-state index is 12.4. The van der Waals surface area contributed by atoms with Crippen molar-refractivity contribution in [2.24, 2.45) is 0 Å². The minimum Gasteiger partial charge on any atom is -0.309 e. The third-order valence-electron chi connectivity index (χ3n) is 3.92. The summed E-state index contributed by atoms with van der Waals surface area (Å²) in [4.78, 5) is 0.512. The second kappa shape index (κ2) is 5.25. The Morgan fingerprint density at radius 2 is 2.00 bits per heavy atom. The summed E-state index contributed by atoms with van der Waals surface area (Å²) in [6.45, 7) is 8.99. The molecule has 0 aliphatic carbocycles. The van der Waals surface area contributed by atoms with Gasteiger partial charge in [-0.2, -0.15) is 0 Å². The molecule has 1 heterocycles. The van der Waals surface area contributed by atoms with Crippen LogP contribution in [0.1, 0.15) is 57.2 Å². The molecule has 19 heavy (non-hydrogen) atoms. The summed E-state index contributed by atoms with van der Waals surface area (Å²) >= 11 is 0. The minimum absolute atomic E-state index is 0.0707. The molecule has 0 aromatic heterocycles. The van der Waals surface area contributed by atoms with Crippen LogP contribution in [0.2, 0.25) is 0 Å². The van der Waals surface area contributed by atoms with Crippen molar-refractivity contribution in [1.29, 1.82) is 0 Å². The van der Waals surface area contributed by atoms with Crippen molar-refractivity contribution in [2.75, 3.05) is 6.54 Å². The van der Waals surface area contributed by atoms with E-state index in [1.807, 2.05) is 6.07 Å². The minimum atomic E-state index is -3.17. The molecule has 1 aromatic carbocycles. The first-order chi connectivity index (χ1) is 8.89. The van der Waals surface area contributed by atoms with Gasteiger partial charge in [-0.1, -0.05) is 32.9 Å². The van der Waals surface area contributed by atoms with Gasteiger partial charge in [0.2, 0.25) is 0 Å². The molecule has 0 bridgehead atoms. The van der Waals surface area contributed by atoms with Gasteiger partial charge in [-0.3, -0.25) is 0 Å². The van der Waals surface area contributed by atoms with E-state index in [9.17, 15) is 8.42 Å². The van der Waals surface area contributed by atoms with Crippen LogP contribution < -0.4 is 5.32 Å². The largest absolute Gasteiger partial charge is 0.309 e. The quantitative estimate of drug-likeness (QED) is 0.922. The van der Waals surface area contributed by atoms with Crippen LogP contribution in [-0.2, 0) is 9.84 Å². The maximum absolute atomic E-state index is 12.4. The number of nitrogens with one attached hydrogen (secondary N) is 1.